The lowest BCUT2D eigenvalue weighted by Crippen LogP contribution is -2.38. The molecular weight excluding hydrogens is 156 g/mol. The number of hydrogen-bond donors (Lipinski definition) is 2. The highest BCUT2D eigenvalue weighted by Crippen LogP contribution is 2.19. The zero-order valence-electron chi connectivity index (χ0n) is 7.16. The predicted molar refractivity (Wildman–Crippen MR) is 45.3 cm³/mol. The van der Waals surface area contributed by atoms with Gasteiger partial charge in [-0.05, 0) is 25.2 Å². The second-order valence-electron chi connectivity index (χ2n) is 3.30. The third kappa shape index (κ3) is 2.79. The Morgan fingerprint density at radius 3 is 2.58 bits per heavy atom. The first-order valence-corrected chi connectivity index (χ1v) is 4.33. The second kappa shape index (κ2) is 4.42. The van der Waals surface area contributed by atoms with Crippen LogP contribution in [-0.4, -0.2) is 25.2 Å². The largest absolute Gasteiger partial charge is 0.381 e. The van der Waals surface area contributed by atoms with E-state index in [1.165, 1.54) is 0 Å². The molecule has 70 valence electrons. The minimum Gasteiger partial charge on any atom is -0.381 e. The second-order valence-corrected chi connectivity index (χ2v) is 3.30. The van der Waals surface area contributed by atoms with E-state index < -0.39 is 11.9 Å². The molecule has 0 aromatic rings. The van der Waals surface area contributed by atoms with Gasteiger partial charge in [0, 0.05) is 13.2 Å². The molecule has 1 aliphatic rings. The molecule has 4 nitrogen and oxygen atoms in total. The summed E-state index contributed by atoms with van der Waals surface area (Å²) in [4.78, 5) is 10.6. The average molecular weight is 172 g/mol. The van der Waals surface area contributed by atoms with Crippen molar-refractivity contribution in [2.75, 3.05) is 13.2 Å². The average Bonchev–Trinajstić information content (AvgIpc) is 2.06. The van der Waals surface area contributed by atoms with Gasteiger partial charge in [0.2, 0.25) is 5.91 Å². The number of nitrogens with two attached hydrogens (primary N) is 2. The third-order valence-electron chi connectivity index (χ3n) is 2.29. The molecule has 4 N–H and O–H groups in total. The van der Waals surface area contributed by atoms with Gasteiger partial charge in [-0.1, -0.05) is 0 Å². The highest BCUT2D eigenvalue weighted by Gasteiger charge is 2.19. The summed E-state index contributed by atoms with van der Waals surface area (Å²) < 4.78 is 5.18. The molecule has 1 rings (SSSR count). The van der Waals surface area contributed by atoms with Crippen molar-refractivity contribution in [1.29, 1.82) is 0 Å². The highest BCUT2D eigenvalue weighted by molar-refractivity contribution is 5.79. The molecule has 12 heavy (non-hydrogen) atoms. The zero-order valence-corrected chi connectivity index (χ0v) is 7.16. The number of carbonyl (C=O) groups excluding carboxylic acids is 1. The van der Waals surface area contributed by atoms with Crippen LogP contribution in [0.3, 0.4) is 0 Å². The third-order valence-corrected chi connectivity index (χ3v) is 2.29. The lowest BCUT2D eigenvalue weighted by atomic mass is 9.93. The van der Waals surface area contributed by atoms with Crippen LogP contribution in [0.4, 0.5) is 0 Å². The van der Waals surface area contributed by atoms with Crippen molar-refractivity contribution in [3.8, 4) is 0 Å². The summed E-state index contributed by atoms with van der Waals surface area (Å²) in [6, 6.07) is -0.479. The van der Waals surface area contributed by atoms with Crippen LogP contribution in [0.2, 0.25) is 0 Å². The molecule has 0 radical (unpaired) electrons. The van der Waals surface area contributed by atoms with Gasteiger partial charge >= 0.3 is 0 Å². The maximum Gasteiger partial charge on any atom is 0.234 e. The van der Waals surface area contributed by atoms with Gasteiger partial charge in [-0.25, -0.2) is 0 Å². The highest BCUT2D eigenvalue weighted by atomic mass is 16.5. The van der Waals surface area contributed by atoms with Crippen molar-refractivity contribution < 1.29 is 9.53 Å². The van der Waals surface area contributed by atoms with Gasteiger partial charge in [-0.15, -0.1) is 0 Å². The minimum atomic E-state index is -0.479. The number of primary amides is 1. The maximum atomic E-state index is 10.6. The predicted octanol–water partition coefficient (Wildman–Crippen LogP) is -0.384. The van der Waals surface area contributed by atoms with E-state index in [4.69, 9.17) is 16.2 Å². The number of hydrogen-bond acceptors (Lipinski definition) is 3. The van der Waals surface area contributed by atoms with Gasteiger partial charge in [0.1, 0.15) is 0 Å². The Labute approximate surface area is 72.2 Å². The quantitative estimate of drug-likeness (QED) is 0.609. The van der Waals surface area contributed by atoms with E-state index in [0.717, 1.165) is 26.1 Å². The lowest BCUT2D eigenvalue weighted by Gasteiger charge is -2.23. The Kier molecular flexibility index (Phi) is 3.49. The molecular formula is C8H16N2O2. The molecule has 1 amide bonds. The van der Waals surface area contributed by atoms with E-state index >= 15 is 0 Å². The van der Waals surface area contributed by atoms with Gasteiger partial charge in [0.15, 0.2) is 0 Å². The molecule has 0 spiro atoms. The molecule has 0 bridgehead atoms. The zero-order chi connectivity index (χ0) is 8.97. The molecule has 4 heteroatoms. The molecule has 1 aliphatic heterocycles. The summed E-state index contributed by atoms with van der Waals surface area (Å²) in [6.45, 7) is 1.58. The number of carbonyl (C=O) groups is 1. The fourth-order valence-corrected chi connectivity index (χ4v) is 1.46. The van der Waals surface area contributed by atoms with Crippen LogP contribution in [0.5, 0.6) is 0 Å². The molecule has 0 aromatic heterocycles. The van der Waals surface area contributed by atoms with Crippen LogP contribution in [0.25, 0.3) is 0 Å². The van der Waals surface area contributed by atoms with E-state index in [0.29, 0.717) is 12.3 Å². The van der Waals surface area contributed by atoms with Crippen molar-refractivity contribution >= 4 is 5.91 Å². The Morgan fingerprint density at radius 1 is 1.50 bits per heavy atom. The molecule has 0 saturated carbocycles. The van der Waals surface area contributed by atoms with Crippen molar-refractivity contribution in [3.63, 3.8) is 0 Å². The van der Waals surface area contributed by atoms with Crippen LogP contribution in [-0.2, 0) is 9.53 Å². The van der Waals surface area contributed by atoms with Crippen molar-refractivity contribution in [1.82, 2.24) is 0 Å². The standard InChI is InChI=1S/C8H16N2O2/c9-7(8(10)11)5-6-1-3-12-4-2-6/h6-7H,1-5,9H2,(H2,10,11). The van der Waals surface area contributed by atoms with Crippen LogP contribution in [0.15, 0.2) is 0 Å². The summed E-state index contributed by atoms with van der Waals surface area (Å²) in [6.07, 6.45) is 2.71. The lowest BCUT2D eigenvalue weighted by molar-refractivity contribution is -0.119. The molecule has 1 unspecified atom stereocenters. The summed E-state index contributed by atoms with van der Waals surface area (Å²) >= 11 is 0. The topological polar surface area (TPSA) is 78.3 Å². The van der Waals surface area contributed by atoms with Crippen LogP contribution >= 0.6 is 0 Å². The maximum absolute atomic E-state index is 10.6. The van der Waals surface area contributed by atoms with Crippen LogP contribution < -0.4 is 11.5 Å². The Bertz CT molecular complexity index is 155. The van der Waals surface area contributed by atoms with E-state index in [1.807, 2.05) is 0 Å². The molecule has 1 saturated heterocycles. The first kappa shape index (κ1) is 9.48. The van der Waals surface area contributed by atoms with Crippen molar-refractivity contribution in [2.24, 2.45) is 17.4 Å². The van der Waals surface area contributed by atoms with E-state index in [-0.39, 0.29) is 0 Å². The van der Waals surface area contributed by atoms with Gasteiger partial charge in [-0.2, -0.15) is 0 Å². The normalized spacial score (nSPS) is 22.1. The Hall–Kier alpha value is -0.610. The number of rotatable bonds is 3. The summed E-state index contributed by atoms with van der Waals surface area (Å²) in [5.74, 6) is 0.114. The fourth-order valence-electron chi connectivity index (χ4n) is 1.46. The molecule has 0 aliphatic carbocycles. The monoisotopic (exact) mass is 172 g/mol. The Morgan fingerprint density at radius 2 is 2.08 bits per heavy atom. The SMILES string of the molecule is NC(=O)C(N)CC1CCOCC1. The first-order chi connectivity index (χ1) is 5.70. The molecule has 1 fully saturated rings. The fraction of sp³-hybridized carbons (Fsp3) is 0.875. The molecule has 0 aromatic carbocycles. The van der Waals surface area contributed by atoms with Crippen molar-refractivity contribution in [2.45, 2.75) is 25.3 Å². The van der Waals surface area contributed by atoms with Crippen LogP contribution in [0, 0.1) is 5.92 Å². The smallest absolute Gasteiger partial charge is 0.234 e. The number of amides is 1. The Balaban J connectivity index is 2.24. The van der Waals surface area contributed by atoms with Crippen LogP contribution in [0.1, 0.15) is 19.3 Å². The summed E-state index contributed by atoms with van der Waals surface area (Å²) in [5.41, 5.74) is 10.6. The molecule has 1 heterocycles. The number of ether oxygens (including phenoxy) is 1. The minimum absolute atomic E-state index is 0.401. The van der Waals surface area contributed by atoms with Gasteiger partial charge in [-0.3, -0.25) is 4.79 Å². The van der Waals surface area contributed by atoms with E-state index in [2.05, 4.69) is 0 Å². The molecule has 1 atom stereocenters. The summed E-state index contributed by atoms with van der Waals surface area (Å²) in [5, 5.41) is 0. The summed E-state index contributed by atoms with van der Waals surface area (Å²) in [7, 11) is 0. The van der Waals surface area contributed by atoms with E-state index in [9.17, 15) is 4.79 Å². The van der Waals surface area contributed by atoms with Gasteiger partial charge < -0.3 is 16.2 Å². The van der Waals surface area contributed by atoms with Crippen molar-refractivity contribution in [3.05, 3.63) is 0 Å². The van der Waals surface area contributed by atoms with Gasteiger partial charge in [0.05, 0.1) is 6.04 Å². The van der Waals surface area contributed by atoms with E-state index in [1.54, 1.807) is 0 Å². The van der Waals surface area contributed by atoms with Gasteiger partial charge in [0.25, 0.3) is 0 Å². The first-order valence-electron chi connectivity index (χ1n) is 4.33.